The number of fused-ring (bicyclic) bond motifs is 1. The standard InChI is InChI=1S/C11H12Cl2N2/c1-11(2,3)15-9-5-4-7(12)6-8(9)14-10(15)13/h4-6H,1-3H3. The van der Waals surface area contributed by atoms with E-state index in [4.69, 9.17) is 23.2 Å². The first-order valence-electron chi connectivity index (χ1n) is 4.73. The molecule has 4 heteroatoms. The Kier molecular flexibility index (Phi) is 2.44. The third-order valence-electron chi connectivity index (χ3n) is 2.25. The topological polar surface area (TPSA) is 17.8 Å². The lowest BCUT2D eigenvalue weighted by Gasteiger charge is -2.22. The van der Waals surface area contributed by atoms with E-state index in [1.807, 2.05) is 22.8 Å². The minimum atomic E-state index is -0.0837. The molecule has 0 spiro atoms. The number of halogens is 2. The Morgan fingerprint density at radius 3 is 2.47 bits per heavy atom. The summed E-state index contributed by atoms with van der Waals surface area (Å²) < 4.78 is 2.00. The molecule has 0 N–H and O–H groups in total. The summed E-state index contributed by atoms with van der Waals surface area (Å²) in [5.41, 5.74) is 1.76. The number of imidazole rings is 1. The van der Waals surface area contributed by atoms with Gasteiger partial charge in [-0.05, 0) is 50.6 Å². The number of hydrogen-bond donors (Lipinski definition) is 0. The second kappa shape index (κ2) is 3.39. The zero-order valence-corrected chi connectivity index (χ0v) is 10.4. The van der Waals surface area contributed by atoms with Crippen LogP contribution >= 0.6 is 23.2 Å². The van der Waals surface area contributed by atoms with Crippen LogP contribution in [0.4, 0.5) is 0 Å². The molecule has 0 radical (unpaired) electrons. The average molecular weight is 243 g/mol. The fourth-order valence-electron chi connectivity index (χ4n) is 1.66. The molecule has 0 atom stereocenters. The van der Waals surface area contributed by atoms with E-state index >= 15 is 0 Å². The minimum absolute atomic E-state index is 0.0837. The fourth-order valence-corrected chi connectivity index (χ4v) is 2.26. The number of rotatable bonds is 0. The van der Waals surface area contributed by atoms with Crippen LogP contribution in [0.5, 0.6) is 0 Å². The third kappa shape index (κ3) is 1.84. The molecule has 0 saturated heterocycles. The van der Waals surface area contributed by atoms with E-state index in [1.165, 1.54) is 0 Å². The maximum Gasteiger partial charge on any atom is 0.204 e. The molecule has 1 aromatic heterocycles. The molecule has 1 aromatic carbocycles. The Bertz CT molecular complexity index is 509. The molecule has 15 heavy (non-hydrogen) atoms. The molecule has 0 aliphatic rings. The molecule has 0 saturated carbocycles. The summed E-state index contributed by atoms with van der Waals surface area (Å²) in [6.45, 7) is 6.28. The van der Waals surface area contributed by atoms with Gasteiger partial charge in [0.1, 0.15) is 0 Å². The van der Waals surface area contributed by atoms with Crippen LogP contribution in [0.3, 0.4) is 0 Å². The lowest BCUT2D eigenvalue weighted by Crippen LogP contribution is -2.21. The second-order valence-electron chi connectivity index (χ2n) is 4.52. The van der Waals surface area contributed by atoms with Crippen molar-refractivity contribution in [3.05, 3.63) is 28.5 Å². The molecule has 2 rings (SSSR count). The highest BCUT2D eigenvalue weighted by Crippen LogP contribution is 2.29. The summed E-state index contributed by atoms with van der Waals surface area (Å²) >= 11 is 12.0. The molecule has 2 nitrogen and oxygen atoms in total. The van der Waals surface area contributed by atoms with Crippen molar-refractivity contribution in [2.75, 3.05) is 0 Å². The smallest absolute Gasteiger partial charge is 0.204 e. The van der Waals surface area contributed by atoms with Gasteiger partial charge in [-0.25, -0.2) is 4.98 Å². The molecular weight excluding hydrogens is 231 g/mol. The third-order valence-corrected chi connectivity index (χ3v) is 2.74. The van der Waals surface area contributed by atoms with Gasteiger partial charge in [0.15, 0.2) is 0 Å². The second-order valence-corrected chi connectivity index (χ2v) is 5.29. The highest BCUT2D eigenvalue weighted by atomic mass is 35.5. The van der Waals surface area contributed by atoms with Crippen LogP contribution in [0.2, 0.25) is 10.3 Å². The van der Waals surface area contributed by atoms with Crippen LogP contribution in [0.15, 0.2) is 18.2 Å². The van der Waals surface area contributed by atoms with Gasteiger partial charge in [0.25, 0.3) is 0 Å². The van der Waals surface area contributed by atoms with Crippen molar-refractivity contribution in [1.29, 1.82) is 0 Å². The van der Waals surface area contributed by atoms with E-state index in [9.17, 15) is 0 Å². The first kappa shape index (κ1) is 10.8. The molecule has 0 aliphatic carbocycles. The van der Waals surface area contributed by atoms with Gasteiger partial charge in [0.2, 0.25) is 5.28 Å². The van der Waals surface area contributed by atoms with Gasteiger partial charge >= 0.3 is 0 Å². The SMILES string of the molecule is CC(C)(C)n1c(Cl)nc2cc(Cl)ccc21. The van der Waals surface area contributed by atoms with Crippen LogP contribution in [0, 0.1) is 0 Å². The number of benzene rings is 1. The van der Waals surface area contributed by atoms with Gasteiger partial charge in [-0.2, -0.15) is 0 Å². The van der Waals surface area contributed by atoms with E-state index in [0.717, 1.165) is 11.0 Å². The predicted octanol–water partition coefficient (Wildman–Crippen LogP) is 4.10. The van der Waals surface area contributed by atoms with Gasteiger partial charge < -0.3 is 4.57 Å². The summed E-state index contributed by atoms with van der Waals surface area (Å²) in [5, 5.41) is 1.18. The number of aromatic nitrogens is 2. The van der Waals surface area contributed by atoms with Gasteiger partial charge in [0.05, 0.1) is 11.0 Å². The Labute approximate surface area is 98.8 Å². The van der Waals surface area contributed by atoms with Crippen molar-refractivity contribution in [2.24, 2.45) is 0 Å². The monoisotopic (exact) mass is 242 g/mol. The van der Waals surface area contributed by atoms with Crippen LogP contribution in [0.25, 0.3) is 11.0 Å². The van der Waals surface area contributed by atoms with Crippen molar-refractivity contribution >= 4 is 34.2 Å². The van der Waals surface area contributed by atoms with Gasteiger partial charge in [-0.15, -0.1) is 0 Å². The summed E-state index contributed by atoms with van der Waals surface area (Å²) in [4.78, 5) is 4.28. The summed E-state index contributed by atoms with van der Waals surface area (Å²) in [6, 6.07) is 5.62. The minimum Gasteiger partial charge on any atom is -0.309 e. The molecule has 0 unspecified atom stereocenters. The number of nitrogens with zero attached hydrogens (tertiary/aromatic N) is 2. The Morgan fingerprint density at radius 1 is 1.20 bits per heavy atom. The van der Waals surface area contributed by atoms with E-state index in [2.05, 4.69) is 25.8 Å². The maximum absolute atomic E-state index is 6.11. The highest BCUT2D eigenvalue weighted by Gasteiger charge is 2.20. The lowest BCUT2D eigenvalue weighted by molar-refractivity contribution is 0.409. The van der Waals surface area contributed by atoms with E-state index < -0.39 is 0 Å². The molecule has 0 bridgehead atoms. The maximum atomic E-state index is 6.11. The molecule has 0 aliphatic heterocycles. The zero-order valence-electron chi connectivity index (χ0n) is 8.88. The van der Waals surface area contributed by atoms with Gasteiger partial charge in [-0.1, -0.05) is 11.6 Å². The van der Waals surface area contributed by atoms with Crippen molar-refractivity contribution in [3.8, 4) is 0 Å². The Balaban J connectivity index is 2.80. The summed E-state index contributed by atoms with van der Waals surface area (Å²) in [7, 11) is 0. The fraction of sp³-hybridized carbons (Fsp3) is 0.364. The molecule has 1 heterocycles. The van der Waals surface area contributed by atoms with E-state index in [0.29, 0.717) is 10.3 Å². The van der Waals surface area contributed by atoms with Crippen LogP contribution in [-0.4, -0.2) is 9.55 Å². The highest BCUT2D eigenvalue weighted by molar-refractivity contribution is 6.31. The first-order valence-corrected chi connectivity index (χ1v) is 5.49. The zero-order chi connectivity index (χ0) is 11.2. The lowest BCUT2D eigenvalue weighted by atomic mass is 10.1. The molecule has 80 valence electrons. The predicted molar refractivity (Wildman–Crippen MR) is 64.7 cm³/mol. The quantitative estimate of drug-likeness (QED) is 0.681. The van der Waals surface area contributed by atoms with Crippen molar-refractivity contribution in [1.82, 2.24) is 9.55 Å². The van der Waals surface area contributed by atoms with E-state index in [1.54, 1.807) is 0 Å². The van der Waals surface area contributed by atoms with E-state index in [-0.39, 0.29) is 5.54 Å². The first-order chi connectivity index (χ1) is 6.89. The van der Waals surface area contributed by atoms with Crippen LogP contribution in [0.1, 0.15) is 20.8 Å². The molecule has 0 amide bonds. The summed E-state index contributed by atoms with van der Waals surface area (Å²) in [6.07, 6.45) is 0. The van der Waals surface area contributed by atoms with Crippen molar-refractivity contribution in [2.45, 2.75) is 26.3 Å². The molecule has 0 fully saturated rings. The van der Waals surface area contributed by atoms with Gasteiger partial charge in [0, 0.05) is 10.6 Å². The summed E-state index contributed by atoms with van der Waals surface area (Å²) in [5.74, 6) is 0. The molecular formula is C11H12Cl2N2. The largest absolute Gasteiger partial charge is 0.309 e. The molecule has 2 aromatic rings. The Morgan fingerprint density at radius 2 is 1.87 bits per heavy atom. The normalized spacial score (nSPS) is 12.3. The number of hydrogen-bond acceptors (Lipinski definition) is 1. The van der Waals surface area contributed by atoms with Crippen molar-refractivity contribution < 1.29 is 0 Å². The average Bonchev–Trinajstić information content (AvgIpc) is 2.38. The van der Waals surface area contributed by atoms with Crippen molar-refractivity contribution in [3.63, 3.8) is 0 Å². The van der Waals surface area contributed by atoms with Crippen LogP contribution in [-0.2, 0) is 5.54 Å². The van der Waals surface area contributed by atoms with Gasteiger partial charge in [-0.3, -0.25) is 0 Å². The van der Waals surface area contributed by atoms with Crippen LogP contribution < -0.4 is 0 Å². The Hall–Kier alpha value is -0.730.